The number of carbonyl (C=O) groups is 2. The number of nitrogens with zero attached hydrogens (tertiary/aromatic N) is 5. The Morgan fingerprint density at radius 2 is 1.04 bits per heavy atom. The first-order chi connectivity index (χ1) is 21.6. The maximum Gasteiger partial charge on any atom is 0.414 e. The van der Waals surface area contributed by atoms with Gasteiger partial charge in [0.05, 0.1) is 24.5 Å². The number of amides is 2. The van der Waals surface area contributed by atoms with Crippen LogP contribution in [0.3, 0.4) is 0 Å². The number of ether oxygens (including phenoxy) is 2. The number of nitrogens with one attached hydrogen (secondary N) is 1. The van der Waals surface area contributed by atoms with Gasteiger partial charge >= 0.3 is 12.2 Å². The molecule has 46 heavy (non-hydrogen) atoms. The molecule has 0 spiro atoms. The van der Waals surface area contributed by atoms with Gasteiger partial charge in [0.15, 0.2) is 23.3 Å². The Morgan fingerprint density at radius 1 is 0.674 bits per heavy atom. The van der Waals surface area contributed by atoms with Gasteiger partial charge in [-0.1, -0.05) is 21.3 Å². The van der Waals surface area contributed by atoms with Gasteiger partial charge in [-0.2, -0.15) is 0 Å². The molecule has 4 saturated heterocycles. The second kappa shape index (κ2) is 15.2. The van der Waals surface area contributed by atoms with Crippen LogP contribution in [-0.4, -0.2) is 102 Å². The zero-order valence-corrected chi connectivity index (χ0v) is 25.8. The van der Waals surface area contributed by atoms with E-state index in [-0.39, 0.29) is 42.4 Å². The molecule has 10 nitrogen and oxygen atoms in total. The zero-order chi connectivity index (χ0) is 32.2. The maximum absolute atomic E-state index is 14.5. The molecule has 2 aromatic carbocycles. The quantitative estimate of drug-likeness (QED) is 0.427. The lowest BCUT2D eigenvalue weighted by Gasteiger charge is -2.34. The van der Waals surface area contributed by atoms with Crippen molar-refractivity contribution in [3.8, 4) is 0 Å². The molecule has 0 unspecified atom stereocenters. The number of benzene rings is 2. The minimum atomic E-state index is -0.648. The fourth-order valence-electron chi connectivity index (χ4n) is 5.83. The summed E-state index contributed by atoms with van der Waals surface area (Å²) in [6, 6.07) is 4.85. The van der Waals surface area contributed by atoms with Crippen molar-refractivity contribution in [1.29, 1.82) is 0 Å². The van der Waals surface area contributed by atoms with Crippen molar-refractivity contribution in [2.45, 2.75) is 46.3 Å². The van der Waals surface area contributed by atoms with Crippen LogP contribution in [0.15, 0.2) is 24.3 Å². The average molecular weight is 653 g/mol. The van der Waals surface area contributed by atoms with E-state index in [9.17, 15) is 27.2 Å². The number of halogens is 4. The lowest BCUT2D eigenvalue weighted by atomic mass is 10.2. The van der Waals surface area contributed by atoms with Gasteiger partial charge in [0.2, 0.25) is 0 Å². The van der Waals surface area contributed by atoms with Crippen molar-refractivity contribution < 1.29 is 36.6 Å². The third kappa shape index (κ3) is 7.60. The summed E-state index contributed by atoms with van der Waals surface area (Å²) in [5.41, 5.74) is 0.375. The third-order valence-electron chi connectivity index (χ3n) is 8.54. The first kappa shape index (κ1) is 35.1. The fourth-order valence-corrected chi connectivity index (χ4v) is 5.83. The topological polar surface area (TPSA) is 80.8 Å². The Bertz CT molecular complexity index is 1340. The van der Waals surface area contributed by atoms with Gasteiger partial charge in [-0.15, -0.1) is 0 Å². The van der Waals surface area contributed by atoms with Crippen molar-refractivity contribution in [3.63, 3.8) is 0 Å². The maximum atomic E-state index is 14.5. The van der Waals surface area contributed by atoms with E-state index in [1.807, 2.05) is 20.9 Å². The van der Waals surface area contributed by atoms with Gasteiger partial charge in [-0.3, -0.25) is 9.80 Å². The molecule has 2 amide bonds. The fraction of sp³-hybridized carbons (Fsp3) is 0.562. The highest BCUT2D eigenvalue weighted by atomic mass is 19.1. The summed E-state index contributed by atoms with van der Waals surface area (Å²) in [6.07, 6.45) is -0.223. The summed E-state index contributed by atoms with van der Waals surface area (Å²) in [5.74, 6) is -2.58. The molecule has 2 atom stereocenters. The second-order valence-electron chi connectivity index (χ2n) is 11.6. The number of piperazine rings is 2. The first-order valence-corrected chi connectivity index (χ1v) is 15.4. The van der Waals surface area contributed by atoms with E-state index < -0.39 is 35.5 Å². The Balaban J connectivity index is 0.000000205. The third-order valence-corrected chi connectivity index (χ3v) is 8.54. The van der Waals surface area contributed by atoms with E-state index in [0.29, 0.717) is 65.2 Å². The van der Waals surface area contributed by atoms with Crippen LogP contribution >= 0.6 is 0 Å². The molecular weight excluding hydrogens is 608 g/mol. The van der Waals surface area contributed by atoms with Crippen LogP contribution < -0.4 is 24.9 Å². The molecule has 6 rings (SSSR count). The van der Waals surface area contributed by atoms with Crippen LogP contribution in [0.2, 0.25) is 0 Å². The summed E-state index contributed by atoms with van der Waals surface area (Å²) in [7, 11) is 1.98. The molecule has 0 aliphatic carbocycles. The van der Waals surface area contributed by atoms with Crippen molar-refractivity contribution >= 4 is 34.9 Å². The van der Waals surface area contributed by atoms with Gasteiger partial charge in [-0.25, -0.2) is 27.2 Å². The number of rotatable bonds is 6. The van der Waals surface area contributed by atoms with Crippen LogP contribution in [0.5, 0.6) is 0 Å². The minimum Gasteiger partial charge on any atom is -0.444 e. The first-order valence-electron chi connectivity index (χ1n) is 15.4. The van der Waals surface area contributed by atoms with Crippen molar-refractivity contribution in [3.05, 3.63) is 47.5 Å². The highest BCUT2D eigenvalue weighted by Crippen LogP contribution is 2.33. The van der Waals surface area contributed by atoms with Gasteiger partial charge in [0.1, 0.15) is 23.6 Å². The molecule has 0 saturated carbocycles. The largest absolute Gasteiger partial charge is 0.444 e. The number of hydrogen-bond acceptors (Lipinski definition) is 8. The predicted octanol–water partition coefficient (Wildman–Crippen LogP) is 5.20. The Labute approximate surface area is 267 Å². The molecule has 0 radical (unpaired) electrons. The molecule has 14 heteroatoms. The highest BCUT2D eigenvalue weighted by molar-refractivity contribution is 5.90. The van der Waals surface area contributed by atoms with Crippen molar-refractivity contribution in [2.75, 3.05) is 92.1 Å². The average Bonchev–Trinajstić information content (AvgIpc) is 3.60. The Hall–Kier alpha value is -3.78. The van der Waals surface area contributed by atoms with E-state index in [4.69, 9.17) is 9.47 Å². The number of likely N-dealkylation sites (N-methyl/N-ethyl adjacent to an activating group) is 1. The predicted molar refractivity (Wildman–Crippen MR) is 170 cm³/mol. The molecule has 4 aliphatic rings. The van der Waals surface area contributed by atoms with E-state index in [2.05, 4.69) is 10.2 Å². The SMILES string of the molecule is C.CC[C@H]1CN(c2cc(F)c(N3CCN(C)CC3)c(F)c2)C(=O)O1.CC[C@H]1CN(c2cc(F)c(N3CCNCC3)c(F)c2)C(=O)O1. The van der Waals surface area contributed by atoms with Crippen molar-refractivity contribution in [2.24, 2.45) is 0 Å². The van der Waals surface area contributed by atoms with Gasteiger partial charge in [-0.05, 0) is 19.9 Å². The van der Waals surface area contributed by atoms with Gasteiger partial charge in [0, 0.05) is 76.6 Å². The summed E-state index contributed by atoms with van der Waals surface area (Å²) in [5, 5.41) is 3.14. The van der Waals surface area contributed by atoms with E-state index in [1.165, 1.54) is 34.1 Å². The summed E-state index contributed by atoms with van der Waals surface area (Å²) in [6.45, 7) is 9.61. The molecule has 4 fully saturated rings. The van der Waals surface area contributed by atoms with Crippen LogP contribution in [0.25, 0.3) is 0 Å². The number of anilines is 4. The molecular formula is C32H44F4N6O4. The lowest BCUT2D eigenvalue weighted by Crippen LogP contribution is -2.45. The molecule has 4 heterocycles. The molecule has 1 N–H and O–H groups in total. The molecule has 4 aliphatic heterocycles. The molecule has 0 bridgehead atoms. The monoisotopic (exact) mass is 652 g/mol. The standard InChI is InChI=1S/C16H21F2N3O2.C15H19F2N3O2.CH4/c1-3-12-10-21(16(22)23-12)11-8-13(17)15(14(18)9-11)20-6-4-19(2)5-7-20;1-2-11-9-20(15(21)22-11)10-7-12(16)14(13(17)8-10)19-5-3-18-4-6-19;/h8-9,12H,3-7,10H2,1-2H3;7-8,11,18H,2-6,9H2,1H3;1H4/t12-;11-;/m00./s1. The van der Waals surface area contributed by atoms with Crippen LogP contribution in [0.1, 0.15) is 34.1 Å². The number of cyclic esters (lactones) is 2. The second-order valence-corrected chi connectivity index (χ2v) is 11.6. The minimum absolute atomic E-state index is 0. The molecule has 254 valence electrons. The van der Waals surface area contributed by atoms with Gasteiger partial charge < -0.3 is 29.5 Å². The Morgan fingerprint density at radius 3 is 1.39 bits per heavy atom. The van der Waals surface area contributed by atoms with E-state index >= 15 is 0 Å². The molecule has 0 aromatic heterocycles. The van der Waals surface area contributed by atoms with Crippen molar-refractivity contribution in [1.82, 2.24) is 10.2 Å². The van der Waals surface area contributed by atoms with Crippen LogP contribution in [-0.2, 0) is 9.47 Å². The summed E-state index contributed by atoms with van der Waals surface area (Å²) < 4.78 is 68.0. The van der Waals surface area contributed by atoms with E-state index in [0.717, 1.165) is 13.1 Å². The Kier molecular flexibility index (Phi) is 11.6. The van der Waals surface area contributed by atoms with Crippen LogP contribution in [0.4, 0.5) is 49.9 Å². The normalized spacial score (nSPS) is 21.9. The summed E-state index contributed by atoms with van der Waals surface area (Å²) >= 11 is 0. The lowest BCUT2D eigenvalue weighted by molar-refractivity contribution is 0.138. The number of hydrogen-bond donors (Lipinski definition) is 1. The summed E-state index contributed by atoms with van der Waals surface area (Å²) in [4.78, 5) is 31.7. The smallest absolute Gasteiger partial charge is 0.414 e. The molecule has 2 aromatic rings. The number of carbonyl (C=O) groups excluding carboxylic acids is 2. The van der Waals surface area contributed by atoms with Crippen LogP contribution in [0, 0.1) is 23.3 Å². The van der Waals surface area contributed by atoms with E-state index in [1.54, 1.807) is 9.80 Å². The highest BCUT2D eigenvalue weighted by Gasteiger charge is 2.34. The van der Waals surface area contributed by atoms with Gasteiger partial charge in [0.25, 0.3) is 0 Å². The zero-order valence-electron chi connectivity index (χ0n) is 25.8.